The number of hydrogen-bond acceptors (Lipinski definition) is 2. The van der Waals surface area contributed by atoms with Crippen LogP contribution in [0, 0.1) is 0 Å². The molecule has 1 aromatic carbocycles. The molecule has 0 bridgehead atoms. The Hall–Kier alpha value is -1.02. The summed E-state index contributed by atoms with van der Waals surface area (Å²) in [6, 6.07) is 8.58. The zero-order chi connectivity index (χ0) is 12.1. The average molecular weight is 221 g/mol. The monoisotopic (exact) mass is 221 g/mol. The highest BCUT2D eigenvalue weighted by molar-refractivity contribution is 5.29. The van der Waals surface area contributed by atoms with Gasteiger partial charge in [-0.2, -0.15) is 0 Å². The highest BCUT2D eigenvalue weighted by atomic mass is 16.5. The van der Waals surface area contributed by atoms with Crippen molar-refractivity contribution >= 4 is 0 Å². The third kappa shape index (κ3) is 4.23. The molecule has 0 radical (unpaired) electrons. The highest BCUT2D eigenvalue weighted by Gasteiger charge is 2.08. The van der Waals surface area contributed by atoms with Crippen molar-refractivity contribution in [1.29, 1.82) is 0 Å². The SMILES string of the molecule is CC(N)CC(C)c1ccc(OC(C)C)cc1. The number of nitrogens with two attached hydrogens (primary N) is 1. The fourth-order valence-electron chi connectivity index (χ4n) is 1.84. The molecule has 1 aromatic rings. The zero-order valence-electron chi connectivity index (χ0n) is 10.7. The Kier molecular flexibility index (Phi) is 4.81. The maximum absolute atomic E-state index is 5.80. The van der Waals surface area contributed by atoms with Crippen molar-refractivity contribution in [3.63, 3.8) is 0 Å². The van der Waals surface area contributed by atoms with Crippen molar-refractivity contribution in [2.75, 3.05) is 0 Å². The molecular formula is C14H23NO. The van der Waals surface area contributed by atoms with Crippen LogP contribution in [0.15, 0.2) is 24.3 Å². The molecule has 0 aliphatic carbocycles. The first-order valence-electron chi connectivity index (χ1n) is 6.01. The summed E-state index contributed by atoms with van der Waals surface area (Å²) in [5.41, 5.74) is 7.13. The van der Waals surface area contributed by atoms with E-state index < -0.39 is 0 Å². The van der Waals surface area contributed by atoms with Crippen LogP contribution in [0.3, 0.4) is 0 Å². The van der Waals surface area contributed by atoms with Gasteiger partial charge in [0.25, 0.3) is 0 Å². The smallest absolute Gasteiger partial charge is 0.119 e. The van der Waals surface area contributed by atoms with Crippen molar-refractivity contribution in [3.8, 4) is 5.75 Å². The lowest BCUT2D eigenvalue weighted by molar-refractivity contribution is 0.242. The van der Waals surface area contributed by atoms with Gasteiger partial charge in [0.05, 0.1) is 6.10 Å². The quantitative estimate of drug-likeness (QED) is 0.828. The summed E-state index contributed by atoms with van der Waals surface area (Å²) in [4.78, 5) is 0. The molecule has 0 aliphatic rings. The van der Waals surface area contributed by atoms with E-state index in [1.54, 1.807) is 0 Å². The zero-order valence-corrected chi connectivity index (χ0v) is 10.7. The first-order chi connectivity index (χ1) is 7.49. The van der Waals surface area contributed by atoms with E-state index in [0.29, 0.717) is 5.92 Å². The van der Waals surface area contributed by atoms with E-state index in [0.717, 1.165) is 12.2 Å². The van der Waals surface area contributed by atoms with Crippen LogP contribution in [-0.4, -0.2) is 12.1 Å². The van der Waals surface area contributed by atoms with Gasteiger partial charge in [-0.25, -0.2) is 0 Å². The second kappa shape index (κ2) is 5.90. The second-order valence-electron chi connectivity index (χ2n) is 4.85. The van der Waals surface area contributed by atoms with E-state index in [1.807, 2.05) is 32.9 Å². The first-order valence-corrected chi connectivity index (χ1v) is 6.01. The second-order valence-corrected chi connectivity index (χ2v) is 4.85. The summed E-state index contributed by atoms with van der Waals surface area (Å²) in [7, 11) is 0. The molecule has 0 fully saturated rings. The lowest BCUT2D eigenvalue weighted by Crippen LogP contribution is -2.17. The van der Waals surface area contributed by atoms with Crippen LogP contribution in [0.5, 0.6) is 5.75 Å². The van der Waals surface area contributed by atoms with Crippen LogP contribution in [0.2, 0.25) is 0 Å². The Morgan fingerprint density at radius 1 is 1.06 bits per heavy atom. The van der Waals surface area contributed by atoms with Gasteiger partial charge < -0.3 is 10.5 Å². The third-order valence-electron chi connectivity index (χ3n) is 2.55. The molecule has 90 valence electrons. The molecule has 2 heteroatoms. The van der Waals surface area contributed by atoms with Crippen molar-refractivity contribution in [2.24, 2.45) is 5.73 Å². The standard InChI is InChI=1S/C14H23NO/c1-10(2)16-14-7-5-13(6-8-14)11(3)9-12(4)15/h5-8,10-12H,9,15H2,1-4H3. The molecular weight excluding hydrogens is 198 g/mol. The molecule has 2 nitrogen and oxygen atoms in total. The van der Waals surface area contributed by atoms with E-state index >= 15 is 0 Å². The molecule has 16 heavy (non-hydrogen) atoms. The van der Waals surface area contributed by atoms with Crippen LogP contribution in [0.25, 0.3) is 0 Å². The van der Waals surface area contributed by atoms with E-state index in [2.05, 4.69) is 19.1 Å². The minimum atomic E-state index is 0.229. The Labute approximate surface area is 98.8 Å². The number of hydrogen-bond donors (Lipinski definition) is 1. The van der Waals surface area contributed by atoms with E-state index in [4.69, 9.17) is 10.5 Å². The molecule has 0 saturated carbocycles. The molecule has 1 rings (SSSR count). The van der Waals surface area contributed by atoms with Gasteiger partial charge in [0.1, 0.15) is 5.75 Å². The van der Waals surface area contributed by atoms with Crippen LogP contribution in [0.1, 0.15) is 45.6 Å². The Bertz CT molecular complexity index is 303. The third-order valence-corrected chi connectivity index (χ3v) is 2.55. The van der Waals surface area contributed by atoms with E-state index in [1.165, 1.54) is 5.56 Å². The fourth-order valence-corrected chi connectivity index (χ4v) is 1.84. The summed E-state index contributed by atoms with van der Waals surface area (Å²) in [5.74, 6) is 1.44. The van der Waals surface area contributed by atoms with Gasteiger partial charge in [0.2, 0.25) is 0 Å². The van der Waals surface area contributed by atoms with Crippen LogP contribution >= 0.6 is 0 Å². The molecule has 0 heterocycles. The van der Waals surface area contributed by atoms with Crippen molar-refractivity contribution in [2.45, 2.75) is 52.2 Å². The molecule has 0 amide bonds. The predicted octanol–water partition coefficient (Wildman–Crippen LogP) is 3.31. The van der Waals surface area contributed by atoms with Crippen molar-refractivity contribution in [3.05, 3.63) is 29.8 Å². The average Bonchev–Trinajstić information content (AvgIpc) is 2.16. The summed E-state index contributed by atoms with van der Waals surface area (Å²) in [5, 5.41) is 0. The molecule has 2 N–H and O–H groups in total. The minimum Gasteiger partial charge on any atom is -0.491 e. The van der Waals surface area contributed by atoms with Gasteiger partial charge in [-0.05, 0) is 50.8 Å². The van der Waals surface area contributed by atoms with Crippen molar-refractivity contribution in [1.82, 2.24) is 0 Å². The topological polar surface area (TPSA) is 35.2 Å². The lowest BCUT2D eigenvalue weighted by Gasteiger charge is -2.15. The van der Waals surface area contributed by atoms with E-state index in [-0.39, 0.29) is 12.1 Å². The summed E-state index contributed by atoms with van der Waals surface area (Å²) < 4.78 is 5.61. The number of rotatable bonds is 5. The summed E-state index contributed by atoms with van der Waals surface area (Å²) in [6.45, 7) is 8.33. The Morgan fingerprint density at radius 2 is 1.62 bits per heavy atom. The van der Waals surface area contributed by atoms with Gasteiger partial charge in [0, 0.05) is 6.04 Å². The van der Waals surface area contributed by atoms with E-state index in [9.17, 15) is 0 Å². The van der Waals surface area contributed by atoms with Crippen molar-refractivity contribution < 1.29 is 4.74 Å². The van der Waals surface area contributed by atoms with Gasteiger partial charge in [0.15, 0.2) is 0 Å². The lowest BCUT2D eigenvalue weighted by atomic mass is 9.95. The van der Waals surface area contributed by atoms with Gasteiger partial charge in [-0.1, -0.05) is 19.1 Å². The molecule has 2 atom stereocenters. The molecule has 0 saturated heterocycles. The summed E-state index contributed by atoms with van der Waals surface area (Å²) >= 11 is 0. The Morgan fingerprint density at radius 3 is 2.06 bits per heavy atom. The minimum absolute atomic E-state index is 0.229. The maximum atomic E-state index is 5.80. The van der Waals surface area contributed by atoms with Crippen LogP contribution < -0.4 is 10.5 Å². The maximum Gasteiger partial charge on any atom is 0.119 e. The van der Waals surface area contributed by atoms with Gasteiger partial charge in [-0.15, -0.1) is 0 Å². The van der Waals surface area contributed by atoms with Crippen LogP contribution in [0.4, 0.5) is 0 Å². The number of ether oxygens (including phenoxy) is 1. The fraction of sp³-hybridized carbons (Fsp3) is 0.571. The largest absolute Gasteiger partial charge is 0.491 e. The van der Waals surface area contributed by atoms with Gasteiger partial charge >= 0.3 is 0 Å². The molecule has 0 aliphatic heterocycles. The number of benzene rings is 1. The Balaban J connectivity index is 2.63. The highest BCUT2D eigenvalue weighted by Crippen LogP contribution is 2.23. The molecule has 0 spiro atoms. The first kappa shape index (κ1) is 13.0. The van der Waals surface area contributed by atoms with Crippen LogP contribution in [-0.2, 0) is 0 Å². The molecule has 2 unspecified atom stereocenters. The normalized spacial score (nSPS) is 14.9. The predicted molar refractivity (Wildman–Crippen MR) is 68.9 cm³/mol. The summed E-state index contributed by atoms with van der Waals surface area (Å²) in [6.07, 6.45) is 1.25. The molecule has 0 aromatic heterocycles. The van der Waals surface area contributed by atoms with Gasteiger partial charge in [-0.3, -0.25) is 0 Å².